The lowest BCUT2D eigenvalue weighted by molar-refractivity contribution is -0.142. The van der Waals surface area contributed by atoms with E-state index in [4.69, 9.17) is 4.74 Å². The number of anilines is 1. The van der Waals surface area contributed by atoms with Gasteiger partial charge in [-0.3, -0.25) is 14.4 Å². The van der Waals surface area contributed by atoms with Crippen molar-refractivity contribution in [2.24, 2.45) is 14.1 Å². The topological polar surface area (TPSA) is 120 Å². The molecule has 0 saturated carbocycles. The van der Waals surface area contributed by atoms with Gasteiger partial charge in [0.2, 0.25) is 5.82 Å². The van der Waals surface area contributed by atoms with Crippen LogP contribution in [0.15, 0.2) is 18.6 Å². The van der Waals surface area contributed by atoms with E-state index in [1.807, 2.05) is 0 Å². The zero-order chi connectivity index (χ0) is 18.4. The number of hydrogen-bond donors (Lipinski definition) is 2. The largest absolute Gasteiger partial charge is 0.466 e. The van der Waals surface area contributed by atoms with Crippen LogP contribution in [-0.4, -0.2) is 50.0 Å². The maximum absolute atomic E-state index is 12.1. The van der Waals surface area contributed by atoms with Gasteiger partial charge in [-0.2, -0.15) is 0 Å². The van der Waals surface area contributed by atoms with E-state index in [1.54, 1.807) is 31.8 Å². The summed E-state index contributed by atoms with van der Waals surface area (Å²) in [6, 6.07) is 0. The summed E-state index contributed by atoms with van der Waals surface area (Å²) in [6.45, 7) is 2.15. The highest BCUT2D eigenvalue weighted by atomic mass is 16.5. The van der Waals surface area contributed by atoms with Crippen LogP contribution in [0.25, 0.3) is 0 Å². The number of amides is 2. The molecule has 2 heterocycles. The summed E-state index contributed by atoms with van der Waals surface area (Å²) in [4.78, 5) is 43.5. The third-order valence-electron chi connectivity index (χ3n) is 3.27. The summed E-state index contributed by atoms with van der Waals surface area (Å²) >= 11 is 0. The molecule has 0 bridgehead atoms. The van der Waals surface area contributed by atoms with Gasteiger partial charge >= 0.3 is 5.97 Å². The highest BCUT2D eigenvalue weighted by molar-refractivity contribution is 6.01. The third kappa shape index (κ3) is 4.66. The fourth-order valence-corrected chi connectivity index (χ4v) is 2.08. The van der Waals surface area contributed by atoms with E-state index >= 15 is 0 Å². The number of rotatable bonds is 7. The molecule has 0 saturated heterocycles. The van der Waals surface area contributed by atoms with E-state index in [2.05, 4.69) is 20.6 Å². The second kappa shape index (κ2) is 8.08. The molecule has 0 aliphatic carbocycles. The van der Waals surface area contributed by atoms with Crippen molar-refractivity contribution in [2.75, 3.05) is 18.5 Å². The number of imidazole rings is 2. The number of hydrogen-bond acceptors (Lipinski definition) is 6. The molecular formula is C15H20N6O4. The molecule has 0 aliphatic rings. The molecule has 0 spiro atoms. The van der Waals surface area contributed by atoms with Crippen LogP contribution in [-0.2, 0) is 23.6 Å². The van der Waals surface area contributed by atoms with Gasteiger partial charge in [-0.25, -0.2) is 9.97 Å². The van der Waals surface area contributed by atoms with Crippen molar-refractivity contribution in [2.45, 2.75) is 13.3 Å². The van der Waals surface area contributed by atoms with Crippen LogP contribution in [0.2, 0.25) is 0 Å². The molecule has 0 radical (unpaired) electrons. The molecule has 0 fully saturated rings. The van der Waals surface area contributed by atoms with E-state index in [9.17, 15) is 14.4 Å². The summed E-state index contributed by atoms with van der Waals surface area (Å²) in [5.74, 6) is -0.703. The van der Waals surface area contributed by atoms with Crippen LogP contribution < -0.4 is 10.6 Å². The monoisotopic (exact) mass is 348 g/mol. The van der Waals surface area contributed by atoms with Crippen molar-refractivity contribution in [1.82, 2.24) is 24.4 Å². The van der Waals surface area contributed by atoms with Crippen molar-refractivity contribution in [3.05, 3.63) is 30.2 Å². The Kier molecular flexibility index (Phi) is 5.88. The van der Waals surface area contributed by atoms with Crippen LogP contribution in [0.4, 0.5) is 5.82 Å². The molecule has 10 nitrogen and oxygen atoms in total. The first kappa shape index (κ1) is 18.2. The van der Waals surface area contributed by atoms with Crippen molar-refractivity contribution in [3.63, 3.8) is 0 Å². The minimum Gasteiger partial charge on any atom is -0.466 e. The van der Waals surface area contributed by atoms with E-state index in [1.165, 1.54) is 17.0 Å². The summed E-state index contributed by atoms with van der Waals surface area (Å²) < 4.78 is 7.83. The Morgan fingerprint density at radius 3 is 2.56 bits per heavy atom. The van der Waals surface area contributed by atoms with Gasteiger partial charge in [0.15, 0.2) is 11.6 Å². The van der Waals surface area contributed by atoms with Crippen molar-refractivity contribution < 1.29 is 19.1 Å². The number of carbonyl (C=O) groups excluding carboxylic acids is 3. The van der Waals surface area contributed by atoms with Gasteiger partial charge < -0.3 is 24.5 Å². The normalized spacial score (nSPS) is 10.4. The summed E-state index contributed by atoms with van der Waals surface area (Å²) in [5, 5.41) is 5.16. The molecule has 0 aliphatic heterocycles. The molecule has 2 aromatic heterocycles. The Labute approximate surface area is 144 Å². The summed E-state index contributed by atoms with van der Waals surface area (Å²) in [7, 11) is 3.33. The Bertz CT molecular complexity index is 779. The second-order valence-corrected chi connectivity index (χ2v) is 5.19. The number of aryl methyl sites for hydroxylation is 2. The van der Waals surface area contributed by atoms with Crippen molar-refractivity contribution in [3.8, 4) is 0 Å². The van der Waals surface area contributed by atoms with Crippen LogP contribution in [0.5, 0.6) is 0 Å². The zero-order valence-corrected chi connectivity index (χ0v) is 14.3. The van der Waals surface area contributed by atoms with Crippen LogP contribution in [0.3, 0.4) is 0 Å². The van der Waals surface area contributed by atoms with E-state index in [-0.39, 0.29) is 36.4 Å². The number of aromatic nitrogens is 4. The van der Waals surface area contributed by atoms with Crippen molar-refractivity contribution in [1.29, 1.82) is 0 Å². The van der Waals surface area contributed by atoms with Gasteiger partial charge in [-0.05, 0) is 6.92 Å². The first-order chi connectivity index (χ1) is 11.9. The van der Waals surface area contributed by atoms with Crippen LogP contribution in [0.1, 0.15) is 34.6 Å². The molecule has 0 atom stereocenters. The molecular weight excluding hydrogens is 328 g/mol. The maximum Gasteiger partial charge on any atom is 0.307 e. The lowest BCUT2D eigenvalue weighted by atomic mass is 10.4. The first-order valence-corrected chi connectivity index (χ1v) is 7.68. The number of esters is 1. The Balaban J connectivity index is 1.95. The predicted octanol–water partition coefficient (Wildman–Crippen LogP) is 0.0889. The van der Waals surface area contributed by atoms with Gasteiger partial charge in [-0.15, -0.1) is 0 Å². The van der Waals surface area contributed by atoms with E-state index in [0.717, 1.165) is 0 Å². The highest BCUT2D eigenvalue weighted by Gasteiger charge is 2.17. The fourth-order valence-electron chi connectivity index (χ4n) is 2.08. The standard InChI is InChI=1S/C15H20N6O4/c1-4-25-11(22)5-6-17-14(23)13-18-10(9-21(13)3)19-15(24)12-16-7-8-20(12)2/h7-9H,4-6H2,1-3H3,(H,17,23)(H,19,24). The molecule has 2 aromatic rings. The lowest BCUT2D eigenvalue weighted by Gasteiger charge is -2.04. The van der Waals surface area contributed by atoms with Gasteiger partial charge in [0.25, 0.3) is 11.8 Å². The number of ether oxygens (including phenoxy) is 1. The number of carbonyl (C=O) groups is 3. The fraction of sp³-hybridized carbons (Fsp3) is 0.400. The quantitative estimate of drug-likeness (QED) is 0.684. The molecule has 10 heteroatoms. The predicted molar refractivity (Wildman–Crippen MR) is 88.0 cm³/mol. The van der Waals surface area contributed by atoms with Gasteiger partial charge in [-0.1, -0.05) is 0 Å². The minimum atomic E-state index is -0.454. The van der Waals surface area contributed by atoms with E-state index < -0.39 is 11.8 Å². The van der Waals surface area contributed by atoms with Gasteiger partial charge in [0.1, 0.15) is 0 Å². The molecule has 2 N–H and O–H groups in total. The third-order valence-corrected chi connectivity index (χ3v) is 3.27. The zero-order valence-electron chi connectivity index (χ0n) is 14.3. The minimum absolute atomic E-state index is 0.0761. The number of nitrogens with zero attached hydrogens (tertiary/aromatic N) is 4. The van der Waals surface area contributed by atoms with Crippen molar-refractivity contribution >= 4 is 23.6 Å². The Hall–Kier alpha value is -3.17. The summed E-state index contributed by atoms with van der Waals surface area (Å²) in [5.41, 5.74) is 0. The second-order valence-electron chi connectivity index (χ2n) is 5.19. The molecule has 134 valence electrons. The Morgan fingerprint density at radius 2 is 1.92 bits per heavy atom. The van der Waals surface area contributed by atoms with Gasteiger partial charge in [0.05, 0.1) is 13.0 Å². The average Bonchev–Trinajstić information content (AvgIpc) is 3.13. The summed E-state index contributed by atoms with van der Waals surface area (Å²) in [6.07, 6.45) is 4.75. The smallest absolute Gasteiger partial charge is 0.307 e. The molecule has 2 amide bonds. The highest BCUT2D eigenvalue weighted by Crippen LogP contribution is 2.09. The molecule has 0 aromatic carbocycles. The van der Waals surface area contributed by atoms with Crippen LogP contribution >= 0.6 is 0 Å². The Morgan fingerprint density at radius 1 is 1.16 bits per heavy atom. The SMILES string of the molecule is CCOC(=O)CCNC(=O)c1nc(NC(=O)c2nccn2C)cn1C. The van der Waals surface area contributed by atoms with Crippen LogP contribution in [0, 0.1) is 0 Å². The van der Waals surface area contributed by atoms with Gasteiger partial charge in [0, 0.05) is 39.2 Å². The molecule has 25 heavy (non-hydrogen) atoms. The molecule has 0 unspecified atom stereocenters. The van der Waals surface area contributed by atoms with E-state index in [0.29, 0.717) is 6.61 Å². The first-order valence-electron chi connectivity index (χ1n) is 7.68. The number of nitrogens with one attached hydrogen (secondary N) is 2. The maximum atomic E-state index is 12.1. The molecule has 2 rings (SSSR count). The average molecular weight is 348 g/mol. The lowest BCUT2D eigenvalue weighted by Crippen LogP contribution is -2.28.